The first-order valence-corrected chi connectivity index (χ1v) is 17.5. The van der Waals surface area contributed by atoms with Gasteiger partial charge in [-0.25, -0.2) is 0 Å². The summed E-state index contributed by atoms with van der Waals surface area (Å²) in [5.74, 6) is 0. The molecule has 0 amide bonds. The second kappa shape index (κ2) is 13.0. The first-order valence-electron chi connectivity index (χ1n) is 17.5. The van der Waals surface area contributed by atoms with Crippen molar-refractivity contribution in [1.82, 2.24) is 4.57 Å². The van der Waals surface area contributed by atoms with Crippen LogP contribution < -0.4 is 4.90 Å². The van der Waals surface area contributed by atoms with Gasteiger partial charge in [-0.2, -0.15) is 0 Å². The molecule has 51 heavy (non-hydrogen) atoms. The maximum absolute atomic E-state index is 2.44. The summed E-state index contributed by atoms with van der Waals surface area (Å²) in [7, 11) is 0. The van der Waals surface area contributed by atoms with E-state index in [0.29, 0.717) is 0 Å². The van der Waals surface area contributed by atoms with Gasteiger partial charge in [0.15, 0.2) is 0 Å². The molecule has 0 atom stereocenters. The summed E-state index contributed by atoms with van der Waals surface area (Å²) in [6.07, 6.45) is 0. The van der Waals surface area contributed by atoms with Crippen LogP contribution in [0.25, 0.3) is 60.9 Å². The van der Waals surface area contributed by atoms with E-state index < -0.39 is 0 Å². The Hall–Kier alpha value is -6.64. The van der Waals surface area contributed by atoms with Crippen molar-refractivity contribution in [2.75, 3.05) is 4.90 Å². The van der Waals surface area contributed by atoms with Crippen LogP contribution in [-0.4, -0.2) is 4.57 Å². The van der Waals surface area contributed by atoms with Crippen molar-refractivity contribution in [1.29, 1.82) is 0 Å². The van der Waals surface area contributed by atoms with Crippen molar-refractivity contribution in [2.24, 2.45) is 0 Å². The van der Waals surface area contributed by atoms with E-state index in [0.717, 1.165) is 17.1 Å². The molecular formula is C49H36N2. The van der Waals surface area contributed by atoms with Gasteiger partial charge in [-0.15, -0.1) is 0 Å². The molecule has 0 bridgehead atoms. The molecule has 0 saturated heterocycles. The Bertz CT molecular complexity index is 2600. The SMILES string of the molecule is Cc1cccc(-c2ccccc2)c1N(c1ccc(-c2ccccc2)cc1)c1ccc2c3ccccc3n(-c3ccc(-c4ccccc4)cc3)c2c1. The zero-order valence-electron chi connectivity index (χ0n) is 28.4. The number of rotatable bonds is 7. The van der Waals surface area contributed by atoms with E-state index in [2.05, 4.69) is 217 Å². The van der Waals surface area contributed by atoms with Crippen LogP contribution in [-0.2, 0) is 0 Å². The van der Waals surface area contributed by atoms with Gasteiger partial charge in [0, 0.05) is 33.4 Å². The molecule has 0 unspecified atom stereocenters. The van der Waals surface area contributed by atoms with Gasteiger partial charge in [0.25, 0.3) is 0 Å². The highest BCUT2D eigenvalue weighted by atomic mass is 15.1. The van der Waals surface area contributed by atoms with Crippen molar-refractivity contribution in [3.63, 3.8) is 0 Å². The van der Waals surface area contributed by atoms with Crippen LogP contribution in [0.2, 0.25) is 0 Å². The Labute approximate surface area is 299 Å². The molecule has 9 aromatic rings. The van der Waals surface area contributed by atoms with Crippen molar-refractivity contribution in [3.05, 3.63) is 206 Å². The molecule has 0 aliphatic heterocycles. The lowest BCUT2D eigenvalue weighted by Gasteiger charge is -2.30. The van der Waals surface area contributed by atoms with Crippen LogP contribution in [0.3, 0.4) is 0 Å². The van der Waals surface area contributed by atoms with Gasteiger partial charge in [0.2, 0.25) is 0 Å². The third kappa shape index (κ3) is 5.57. The lowest BCUT2D eigenvalue weighted by Crippen LogP contribution is -2.13. The van der Waals surface area contributed by atoms with Crippen molar-refractivity contribution in [2.45, 2.75) is 6.92 Å². The summed E-state index contributed by atoms with van der Waals surface area (Å²) in [5, 5.41) is 2.47. The van der Waals surface area contributed by atoms with E-state index in [-0.39, 0.29) is 0 Å². The highest BCUT2D eigenvalue weighted by Gasteiger charge is 2.21. The fourth-order valence-electron chi connectivity index (χ4n) is 7.46. The first-order chi connectivity index (χ1) is 25.2. The quantitative estimate of drug-likeness (QED) is 0.166. The van der Waals surface area contributed by atoms with Gasteiger partial charge in [0.1, 0.15) is 0 Å². The Morgan fingerprint density at radius 2 is 0.882 bits per heavy atom. The summed E-state index contributed by atoms with van der Waals surface area (Å²) in [4.78, 5) is 2.44. The second-order valence-corrected chi connectivity index (χ2v) is 13.1. The van der Waals surface area contributed by atoms with E-state index in [1.54, 1.807) is 0 Å². The first kappa shape index (κ1) is 30.4. The van der Waals surface area contributed by atoms with Gasteiger partial charge in [0.05, 0.1) is 16.7 Å². The molecule has 9 rings (SSSR count). The number of aryl methyl sites for hydroxylation is 1. The predicted octanol–water partition coefficient (Wildman–Crippen LogP) is 13.6. The highest BCUT2D eigenvalue weighted by molar-refractivity contribution is 6.10. The minimum atomic E-state index is 1.10. The summed E-state index contributed by atoms with van der Waals surface area (Å²) < 4.78 is 2.41. The number of para-hydroxylation sites is 2. The Kier molecular flexibility index (Phi) is 7.75. The Morgan fingerprint density at radius 1 is 0.373 bits per heavy atom. The lowest BCUT2D eigenvalue weighted by atomic mass is 9.98. The van der Waals surface area contributed by atoms with Crippen molar-refractivity contribution < 1.29 is 0 Å². The van der Waals surface area contributed by atoms with E-state index in [9.17, 15) is 0 Å². The normalized spacial score (nSPS) is 11.2. The number of anilines is 3. The molecule has 8 aromatic carbocycles. The van der Waals surface area contributed by atoms with Gasteiger partial charge in [-0.05, 0) is 82.8 Å². The smallest absolute Gasteiger partial charge is 0.0569 e. The zero-order chi connectivity index (χ0) is 34.1. The van der Waals surface area contributed by atoms with Crippen molar-refractivity contribution >= 4 is 38.9 Å². The van der Waals surface area contributed by atoms with Gasteiger partial charge in [-0.3, -0.25) is 0 Å². The van der Waals surface area contributed by atoms with E-state index >= 15 is 0 Å². The standard InChI is InChI=1S/C49H36N2/c1-35-14-13-22-44(40-19-9-4-10-20-40)49(35)50(41-28-24-38(25-29-41)36-15-5-2-6-16-36)43-32-33-46-45-21-11-12-23-47(45)51(48(46)34-43)42-30-26-39(27-31-42)37-17-7-3-8-18-37/h2-34H,1H3. The fourth-order valence-corrected chi connectivity index (χ4v) is 7.46. The summed E-state index contributed by atoms with van der Waals surface area (Å²) >= 11 is 0. The molecule has 2 nitrogen and oxygen atoms in total. The number of hydrogen-bond acceptors (Lipinski definition) is 1. The second-order valence-electron chi connectivity index (χ2n) is 13.1. The molecule has 242 valence electrons. The molecule has 1 heterocycles. The maximum Gasteiger partial charge on any atom is 0.0569 e. The van der Waals surface area contributed by atoms with Gasteiger partial charge < -0.3 is 9.47 Å². The van der Waals surface area contributed by atoms with Crippen LogP contribution in [0.5, 0.6) is 0 Å². The Morgan fingerprint density at radius 3 is 1.53 bits per heavy atom. The number of fused-ring (bicyclic) bond motifs is 3. The molecule has 0 fully saturated rings. The monoisotopic (exact) mass is 652 g/mol. The third-order valence-corrected chi connectivity index (χ3v) is 9.93. The molecule has 0 radical (unpaired) electrons. The number of benzene rings is 8. The molecule has 1 aromatic heterocycles. The van der Waals surface area contributed by atoms with Gasteiger partial charge >= 0.3 is 0 Å². The largest absolute Gasteiger partial charge is 0.310 e. The van der Waals surface area contributed by atoms with Gasteiger partial charge in [-0.1, -0.05) is 158 Å². The minimum absolute atomic E-state index is 1.10. The molecule has 0 aliphatic rings. The average molecular weight is 653 g/mol. The zero-order valence-corrected chi connectivity index (χ0v) is 28.4. The van der Waals surface area contributed by atoms with Crippen LogP contribution in [0.15, 0.2) is 200 Å². The summed E-state index contributed by atoms with van der Waals surface area (Å²) in [6.45, 7) is 2.22. The highest BCUT2D eigenvalue weighted by Crippen LogP contribution is 2.45. The van der Waals surface area contributed by atoms with Crippen LogP contribution >= 0.6 is 0 Å². The topological polar surface area (TPSA) is 8.17 Å². The lowest BCUT2D eigenvalue weighted by molar-refractivity contribution is 1.18. The number of aromatic nitrogens is 1. The van der Waals surface area contributed by atoms with Crippen molar-refractivity contribution in [3.8, 4) is 39.1 Å². The molecule has 0 spiro atoms. The fraction of sp³-hybridized carbons (Fsp3) is 0.0204. The average Bonchev–Trinajstić information content (AvgIpc) is 3.53. The van der Waals surface area contributed by atoms with Crippen LogP contribution in [0.4, 0.5) is 17.1 Å². The molecule has 0 N–H and O–H groups in total. The predicted molar refractivity (Wildman–Crippen MR) is 217 cm³/mol. The Balaban J connectivity index is 1.26. The molecule has 2 heteroatoms. The van der Waals surface area contributed by atoms with Crippen LogP contribution in [0, 0.1) is 6.92 Å². The number of hydrogen-bond donors (Lipinski definition) is 0. The van der Waals surface area contributed by atoms with E-state index in [4.69, 9.17) is 0 Å². The molecule has 0 aliphatic carbocycles. The maximum atomic E-state index is 2.44. The molecule has 0 saturated carbocycles. The minimum Gasteiger partial charge on any atom is -0.310 e. The van der Waals surface area contributed by atoms with Crippen LogP contribution in [0.1, 0.15) is 5.56 Å². The molecular weight excluding hydrogens is 617 g/mol. The third-order valence-electron chi connectivity index (χ3n) is 9.93. The summed E-state index contributed by atoms with van der Waals surface area (Å²) in [6, 6.07) is 72.2. The van der Waals surface area contributed by atoms with E-state index in [1.807, 2.05) is 0 Å². The van der Waals surface area contributed by atoms with E-state index in [1.165, 1.54) is 66.4 Å². The summed E-state index contributed by atoms with van der Waals surface area (Å²) in [5.41, 5.74) is 15.3. The number of nitrogens with zero attached hydrogens (tertiary/aromatic N) is 2.